The number of hydrogen-bond donors (Lipinski definition) is 1. The van der Waals surface area contributed by atoms with Crippen LogP contribution in [0.2, 0.25) is 0 Å². The molecule has 0 bridgehead atoms. The Labute approximate surface area is 185 Å². The molecule has 4 heteroatoms. The van der Waals surface area contributed by atoms with Crippen LogP contribution in [0.3, 0.4) is 0 Å². The first kappa shape index (κ1) is 21.6. The number of hydrogen-bond acceptors (Lipinski definition) is 3. The van der Waals surface area contributed by atoms with Gasteiger partial charge in [-0.2, -0.15) is 0 Å². The molecule has 1 aliphatic rings. The maximum atomic E-state index is 13.1. The smallest absolute Gasteiger partial charge is 0.309 e. The van der Waals surface area contributed by atoms with Crippen LogP contribution in [0.15, 0.2) is 54.7 Å². The second kappa shape index (κ2) is 9.69. The number of ether oxygens (including phenoxy) is 1. The first-order valence-electron chi connectivity index (χ1n) is 11.7. The fraction of sp³-hybridized carbons (Fsp3) is 0.444. The molecule has 0 aliphatic carbocycles. The van der Waals surface area contributed by atoms with Crippen molar-refractivity contribution in [3.05, 3.63) is 71.4 Å². The van der Waals surface area contributed by atoms with E-state index in [1.54, 1.807) is 0 Å². The van der Waals surface area contributed by atoms with E-state index in [1.807, 2.05) is 6.92 Å². The number of para-hydroxylation sites is 1. The zero-order chi connectivity index (χ0) is 21.8. The van der Waals surface area contributed by atoms with Crippen LogP contribution in [0.25, 0.3) is 10.9 Å². The number of aryl methyl sites for hydroxylation is 1. The van der Waals surface area contributed by atoms with Crippen molar-refractivity contribution in [3.63, 3.8) is 0 Å². The van der Waals surface area contributed by atoms with Gasteiger partial charge in [0.25, 0.3) is 0 Å². The molecule has 1 aromatic heterocycles. The molecule has 164 valence electrons. The summed E-state index contributed by atoms with van der Waals surface area (Å²) in [5.74, 6) is -0.346. The third-order valence-electron chi connectivity index (χ3n) is 6.64. The Hall–Kier alpha value is -2.59. The lowest BCUT2D eigenvalue weighted by atomic mass is 9.79. The molecule has 0 radical (unpaired) electrons. The summed E-state index contributed by atoms with van der Waals surface area (Å²) >= 11 is 0. The fourth-order valence-electron chi connectivity index (χ4n) is 5.15. The van der Waals surface area contributed by atoms with Gasteiger partial charge < -0.3 is 14.6 Å². The molecule has 2 heterocycles. The number of nitrogens with zero attached hydrogens (tertiary/aromatic N) is 1. The van der Waals surface area contributed by atoms with Gasteiger partial charge in [0.05, 0.1) is 12.5 Å². The number of piperidine rings is 1. The minimum atomic E-state index is -0.214. The van der Waals surface area contributed by atoms with Crippen molar-refractivity contribution < 1.29 is 9.53 Å². The van der Waals surface area contributed by atoms with Gasteiger partial charge in [0.15, 0.2) is 0 Å². The first-order chi connectivity index (χ1) is 15.1. The molecule has 2 unspecified atom stereocenters. The quantitative estimate of drug-likeness (QED) is 0.508. The van der Waals surface area contributed by atoms with E-state index >= 15 is 0 Å². The summed E-state index contributed by atoms with van der Waals surface area (Å²) < 4.78 is 7.99. The number of carbonyl (C=O) groups excluding carboxylic acids is 1. The molecule has 4 rings (SSSR count). The normalized spacial score (nSPS) is 16.9. The molecule has 3 aromatic rings. The van der Waals surface area contributed by atoms with Gasteiger partial charge in [0, 0.05) is 29.1 Å². The number of nitrogens with one attached hydrogen (secondary N) is 1. The molecule has 0 saturated carbocycles. The molecule has 1 N–H and O–H groups in total. The highest BCUT2D eigenvalue weighted by Gasteiger charge is 2.33. The first-order valence-corrected chi connectivity index (χ1v) is 11.7. The Morgan fingerprint density at radius 3 is 2.61 bits per heavy atom. The fourth-order valence-corrected chi connectivity index (χ4v) is 5.15. The van der Waals surface area contributed by atoms with Gasteiger partial charge >= 0.3 is 5.97 Å². The van der Waals surface area contributed by atoms with Gasteiger partial charge in [-0.25, -0.2) is 0 Å². The lowest BCUT2D eigenvalue weighted by Crippen LogP contribution is -2.29. The van der Waals surface area contributed by atoms with E-state index in [9.17, 15) is 4.79 Å². The van der Waals surface area contributed by atoms with Crippen LogP contribution in [0.4, 0.5) is 0 Å². The number of esters is 1. The standard InChI is InChI=1S/C27H34N2O2/c1-4-22(27(30)31-5-2)26(20-10-8-9-19(3)17-20)24-18-29(21-13-15-28-16-14-21)25-12-7-6-11-23(24)25/h6-12,17-18,21-22,26,28H,4-5,13-16H2,1-3H3. The third kappa shape index (κ3) is 4.40. The number of fused-ring (bicyclic) bond motifs is 1. The SMILES string of the molecule is CCOC(=O)C(CC)C(c1cccc(C)c1)c1cn(C2CCNCC2)c2ccccc12. The largest absolute Gasteiger partial charge is 0.466 e. The Kier molecular flexibility index (Phi) is 6.77. The van der Waals surface area contributed by atoms with Crippen molar-refractivity contribution in [2.75, 3.05) is 19.7 Å². The predicted molar refractivity (Wildman–Crippen MR) is 127 cm³/mol. The molecular weight excluding hydrogens is 384 g/mol. The lowest BCUT2D eigenvalue weighted by molar-refractivity contribution is -0.148. The van der Waals surface area contributed by atoms with Gasteiger partial charge in [0.2, 0.25) is 0 Å². The summed E-state index contributed by atoms with van der Waals surface area (Å²) in [6.07, 6.45) is 5.32. The highest BCUT2D eigenvalue weighted by atomic mass is 16.5. The summed E-state index contributed by atoms with van der Waals surface area (Å²) in [5.41, 5.74) is 4.90. The summed E-state index contributed by atoms with van der Waals surface area (Å²) in [6.45, 7) is 8.60. The number of aromatic nitrogens is 1. The van der Waals surface area contributed by atoms with Crippen LogP contribution in [0.5, 0.6) is 0 Å². The zero-order valence-corrected chi connectivity index (χ0v) is 18.9. The Morgan fingerprint density at radius 2 is 1.90 bits per heavy atom. The van der Waals surface area contributed by atoms with Gasteiger partial charge in [-0.05, 0) is 63.4 Å². The number of carbonyl (C=O) groups is 1. The maximum Gasteiger partial charge on any atom is 0.309 e. The van der Waals surface area contributed by atoms with Crippen molar-refractivity contribution in [1.82, 2.24) is 9.88 Å². The van der Waals surface area contributed by atoms with Crippen molar-refractivity contribution in [2.24, 2.45) is 5.92 Å². The molecule has 0 spiro atoms. The van der Waals surface area contributed by atoms with Crippen LogP contribution in [0.1, 0.15) is 61.8 Å². The Bertz CT molecular complexity index is 1030. The molecular formula is C27H34N2O2. The van der Waals surface area contributed by atoms with Crippen molar-refractivity contribution >= 4 is 16.9 Å². The highest BCUT2D eigenvalue weighted by Crippen LogP contribution is 2.41. The molecule has 4 nitrogen and oxygen atoms in total. The monoisotopic (exact) mass is 418 g/mol. The molecule has 31 heavy (non-hydrogen) atoms. The van der Waals surface area contributed by atoms with Crippen LogP contribution in [0, 0.1) is 12.8 Å². The molecule has 2 atom stereocenters. The lowest BCUT2D eigenvalue weighted by Gasteiger charge is -2.26. The van der Waals surface area contributed by atoms with Crippen molar-refractivity contribution in [2.45, 2.75) is 52.0 Å². The van der Waals surface area contributed by atoms with Gasteiger partial charge in [-0.1, -0.05) is 55.0 Å². The van der Waals surface area contributed by atoms with E-state index in [1.165, 1.54) is 27.6 Å². The van der Waals surface area contributed by atoms with Crippen molar-refractivity contribution in [3.8, 4) is 0 Å². The zero-order valence-electron chi connectivity index (χ0n) is 18.9. The van der Waals surface area contributed by atoms with Crippen LogP contribution in [-0.4, -0.2) is 30.2 Å². The summed E-state index contributed by atoms with van der Waals surface area (Å²) in [4.78, 5) is 13.1. The average molecular weight is 419 g/mol. The highest BCUT2D eigenvalue weighted by molar-refractivity contribution is 5.86. The third-order valence-corrected chi connectivity index (χ3v) is 6.64. The van der Waals surface area contributed by atoms with Crippen LogP contribution >= 0.6 is 0 Å². The number of rotatable bonds is 7. The summed E-state index contributed by atoms with van der Waals surface area (Å²) in [6, 6.07) is 17.7. The topological polar surface area (TPSA) is 43.3 Å². The molecule has 1 saturated heterocycles. The van der Waals surface area contributed by atoms with E-state index < -0.39 is 0 Å². The van der Waals surface area contributed by atoms with Crippen LogP contribution < -0.4 is 5.32 Å². The Balaban J connectivity index is 1.89. The van der Waals surface area contributed by atoms with Crippen molar-refractivity contribution in [1.29, 1.82) is 0 Å². The average Bonchev–Trinajstić information content (AvgIpc) is 3.17. The van der Waals surface area contributed by atoms with Gasteiger partial charge in [-0.3, -0.25) is 4.79 Å². The van der Waals surface area contributed by atoms with Gasteiger partial charge in [-0.15, -0.1) is 0 Å². The second-order valence-corrected chi connectivity index (χ2v) is 8.65. The minimum Gasteiger partial charge on any atom is -0.466 e. The molecule has 1 fully saturated rings. The predicted octanol–water partition coefficient (Wildman–Crippen LogP) is 5.60. The molecule has 2 aromatic carbocycles. The molecule has 0 amide bonds. The maximum absolute atomic E-state index is 13.1. The second-order valence-electron chi connectivity index (χ2n) is 8.65. The van der Waals surface area contributed by atoms with E-state index in [0.29, 0.717) is 12.6 Å². The Morgan fingerprint density at radius 1 is 1.13 bits per heavy atom. The van der Waals surface area contributed by atoms with Gasteiger partial charge in [0.1, 0.15) is 0 Å². The van der Waals surface area contributed by atoms with Crippen LogP contribution in [-0.2, 0) is 9.53 Å². The number of benzene rings is 2. The van der Waals surface area contributed by atoms with E-state index in [2.05, 4.69) is 78.5 Å². The van der Waals surface area contributed by atoms with E-state index in [-0.39, 0.29) is 17.8 Å². The minimum absolute atomic E-state index is 0.0307. The summed E-state index contributed by atoms with van der Waals surface area (Å²) in [7, 11) is 0. The van der Waals surface area contributed by atoms with E-state index in [0.717, 1.165) is 32.4 Å². The summed E-state index contributed by atoms with van der Waals surface area (Å²) in [5, 5.41) is 4.72. The molecule has 1 aliphatic heterocycles. The van der Waals surface area contributed by atoms with E-state index in [4.69, 9.17) is 4.74 Å².